The lowest BCUT2D eigenvalue weighted by molar-refractivity contribution is 0.0942. The van der Waals surface area contributed by atoms with Crippen LogP contribution in [0.25, 0.3) is 0 Å². The van der Waals surface area contributed by atoms with Crippen molar-refractivity contribution in [2.45, 2.75) is 19.6 Å². The first kappa shape index (κ1) is 14.3. The van der Waals surface area contributed by atoms with Gasteiger partial charge in [-0.25, -0.2) is 0 Å². The highest BCUT2D eigenvalue weighted by atomic mass is 35.5. The van der Waals surface area contributed by atoms with Crippen LogP contribution in [-0.2, 0) is 6.54 Å². The van der Waals surface area contributed by atoms with Crippen LogP contribution in [-0.4, -0.2) is 36.6 Å². The van der Waals surface area contributed by atoms with E-state index in [1.54, 1.807) is 7.11 Å². The number of nitrogens with one attached hydrogen (secondary N) is 1. The van der Waals surface area contributed by atoms with Gasteiger partial charge in [0.1, 0.15) is 5.75 Å². The molecule has 0 amide bonds. The molecule has 0 fully saturated rings. The molecule has 0 aliphatic rings. The molecule has 0 saturated carbocycles. The van der Waals surface area contributed by atoms with Crippen LogP contribution in [0.5, 0.6) is 5.75 Å². The average Bonchev–Trinajstić information content (AvgIpc) is 2.32. The Morgan fingerprint density at radius 3 is 2.76 bits per heavy atom. The van der Waals surface area contributed by atoms with Gasteiger partial charge >= 0.3 is 0 Å². The van der Waals surface area contributed by atoms with E-state index in [9.17, 15) is 5.11 Å². The molecule has 96 valence electrons. The van der Waals surface area contributed by atoms with Crippen molar-refractivity contribution in [3.8, 4) is 5.75 Å². The molecule has 1 atom stereocenters. The third kappa shape index (κ3) is 4.16. The van der Waals surface area contributed by atoms with Crippen LogP contribution >= 0.6 is 11.6 Å². The monoisotopic (exact) mass is 259 g/mol. The van der Waals surface area contributed by atoms with Crippen molar-refractivity contribution >= 4 is 11.6 Å². The highest BCUT2D eigenvalue weighted by Crippen LogP contribution is 2.27. The summed E-state index contributed by atoms with van der Waals surface area (Å²) in [5, 5.41) is 21.5. The molecule has 4 nitrogen and oxygen atoms in total. The van der Waals surface area contributed by atoms with Crippen molar-refractivity contribution in [2.24, 2.45) is 0 Å². The molecule has 0 saturated heterocycles. The topological polar surface area (TPSA) is 61.7 Å². The average molecular weight is 260 g/mol. The molecule has 1 rings (SSSR count). The van der Waals surface area contributed by atoms with E-state index in [1.165, 1.54) is 0 Å². The van der Waals surface area contributed by atoms with Crippen LogP contribution in [0, 0.1) is 6.92 Å². The number of aryl methyl sites for hydroxylation is 1. The number of aliphatic hydroxyl groups is 2. The molecule has 0 radical (unpaired) electrons. The van der Waals surface area contributed by atoms with Gasteiger partial charge in [0, 0.05) is 13.1 Å². The Morgan fingerprint density at radius 2 is 2.18 bits per heavy atom. The predicted molar refractivity (Wildman–Crippen MR) is 67.5 cm³/mol. The van der Waals surface area contributed by atoms with E-state index in [0.717, 1.165) is 11.1 Å². The molecule has 1 unspecified atom stereocenters. The van der Waals surface area contributed by atoms with Gasteiger partial charge in [0.05, 0.1) is 24.8 Å². The lowest BCUT2D eigenvalue weighted by Crippen LogP contribution is -2.29. The maximum Gasteiger partial charge on any atom is 0.137 e. The van der Waals surface area contributed by atoms with Gasteiger partial charge in [0.2, 0.25) is 0 Å². The normalized spacial score (nSPS) is 12.5. The van der Waals surface area contributed by atoms with Gasteiger partial charge in [-0.15, -0.1) is 0 Å². The minimum atomic E-state index is -0.732. The van der Waals surface area contributed by atoms with Gasteiger partial charge in [-0.2, -0.15) is 0 Å². The fraction of sp³-hybridized carbons (Fsp3) is 0.500. The summed E-state index contributed by atoms with van der Waals surface area (Å²) >= 11 is 6.03. The Hall–Kier alpha value is -0.810. The summed E-state index contributed by atoms with van der Waals surface area (Å²) < 4.78 is 5.12. The third-order valence-electron chi connectivity index (χ3n) is 2.52. The zero-order chi connectivity index (χ0) is 12.8. The molecule has 0 spiro atoms. The zero-order valence-corrected chi connectivity index (χ0v) is 10.8. The van der Waals surface area contributed by atoms with E-state index >= 15 is 0 Å². The second-order valence-corrected chi connectivity index (χ2v) is 4.29. The number of aliphatic hydroxyl groups excluding tert-OH is 2. The van der Waals surface area contributed by atoms with Gasteiger partial charge in [-0.1, -0.05) is 11.6 Å². The number of hydrogen-bond donors (Lipinski definition) is 3. The Morgan fingerprint density at radius 1 is 1.47 bits per heavy atom. The first-order valence-electron chi connectivity index (χ1n) is 5.41. The minimum absolute atomic E-state index is 0.241. The van der Waals surface area contributed by atoms with Gasteiger partial charge in [0.15, 0.2) is 0 Å². The molecule has 17 heavy (non-hydrogen) atoms. The quantitative estimate of drug-likeness (QED) is 0.716. The molecule has 1 aromatic carbocycles. The predicted octanol–water partition coefficient (Wildman–Crippen LogP) is 1.10. The van der Waals surface area contributed by atoms with Crippen LogP contribution in [0.1, 0.15) is 11.1 Å². The minimum Gasteiger partial charge on any atom is -0.495 e. The van der Waals surface area contributed by atoms with Gasteiger partial charge in [-0.05, 0) is 30.2 Å². The van der Waals surface area contributed by atoms with Crippen molar-refractivity contribution < 1.29 is 14.9 Å². The second kappa shape index (κ2) is 6.81. The summed E-state index contributed by atoms with van der Waals surface area (Å²) in [7, 11) is 1.58. The number of halogens is 1. The van der Waals surface area contributed by atoms with Crippen molar-refractivity contribution in [3.63, 3.8) is 0 Å². The van der Waals surface area contributed by atoms with Crippen LogP contribution in [0.15, 0.2) is 12.1 Å². The van der Waals surface area contributed by atoms with E-state index in [0.29, 0.717) is 23.9 Å². The lowest BCUT2D eigenvalue weighted by atomic mass is 10.1. The maximum absolute atomic E-state index is 9.18. The third-order valence-corrected chi connectivity index (χ3v) is 2.81. The fourth-order valence-electron chi connectivity index (χ4n) is 1.48. The van der Waals surface area contributed by atoms with E-state index in [2.05, 4.69) is 5.32 Å². The summed E-state index contributed by atoms with van der Waals surface area (Å²) in [6, 6.07) is 3.72. The number of benzene rings is 1. The van der Waals surface area contributed by atoms with E-state index in [-0.39, 0.29) is 6.61 Å². The highest BCUT2D eigenvalue weighted by molar-refractivity contribution is 6.32. The first-order chi connectivity index (χ1) is 8.08. The summed E-state index contributed by atoms with van der Waals surface area (Å²) in [5.41, 5.74) is 2.11. The molecular weight excluding hydrogens is 242 g/mol. The van der Waals surface area contributed by atoms with Crippen LogP contribution in [0.3, 0.4) is 0 Å². The standard InChI is InChI=1S/C12H18ClNO3/c1-8-3-12(17-2)11(13)4-9(8)5-14-6-10(16)7-15/h3-4,10,14-16H,5-7H2,1-2H3. The summed E-state index contributed by atoms with van der Waals surface area (Å²) in [4.78, 5) is 0. The highest BCUT2D eigenvalue weighted by Gasteiger charge is 2.07. The van der Waals surface area contributed by atoms with Gasteiger partial charge < -0.3 is 20.3 Å². The largest absolute Gasteiger partial charge is 0.495 e. The number of ether oxygens (including phenoxy) is 1. The lowest BCUT2D eigenvalue weighted by Gasteiger charge is -2.12. The van der Waals surface area contributed by atoms with Crippen molar-refractivity contribution in [3.05, 3.63) is 28.3 Å². The first-order valence-corrected chi connectivity index (χ1v) is 5.79. The van der Waals surface area contributed by atoms with E-state index < -0.39 is 6.10 Å². The van der Waals surface area contributed by atoms with Crippen LogP contribution < -0.4 is 10.1 Å². The molecule has 1 aromatic rings. The maximum atomic E-state index is 9.18. The molecule has 5 heteroatoms. The Bertz CT molecular complexity index is 371. The summed E-state index contributed by atoms with van der Waals surface area (Å²) in [6.07, 6.45) is -0.732. The Kier molecular flexibility index (Phi) is 5.71. The molecule has 0 heterocycles. The van der Waals surface area contributed by atoms with Gasteiger partial charge in [-0.3, -0.25) is 0 Å². The summed E-state index contributed by atoms with van der Waals surface area (Å²) in [6.45, 7) is 2.67. The van der Waals surface area contributed by atoms with Crippen LogP contribution in [0.4, 0.5) is 0 Å². The molecule has 0 aliphatic carbocycles. The van der Waals surface area contributed by atoms with Crippen LogP contribution in [0.2, 0.25) is 5.02 Å². The molecule has 0 aliphatic heterocycles. The Balaban J connectivity index is 2.62. The molecule has 0 bridgehead atoms. The zero-order valence-electron chi connectivity index (χ0n) is 10.0. The fourth-order valence-corrected chi connectivity index (χ4v) is 1.74. The smallest absolute Gasteiger partial charge is 0.137 e. The SMILES string of the molecule is COc1cc(C)c(CNCC(O)CO)cc1Cl. The number of methoxy groups -OCH3 is 1. The summed E-state index contributed by atoms with van der Waals surface area (Å²) in [5.74, 6) is 0.656. The molecule has 0 aromatic heterocycles. The second-order valence-electron chi connectivity index (χ2n) is 3.88. The number of hydrogen-bond acceptors (Lipinski definition) is 4. The van der Waals surface area contributed by atoms with E-state index in [4.69, 9.17) is 21.4 Å². The van der Waals surface area contributed by atoms with E-state index in [1.807, 2.05) is 19.1 Å². The van der Waals surface area contributed by atoms with Crippen molar-refractivity contribution in [1.82, 2.24) is 5.32 Å². The van der Waals surface area contributed by atoms with Gasteiger partial charge in [0.25, 0.3) is 0 Å². The Labute approximate surface area is 106 Å². The van der Waals surface area contributed by atoms with Crippen molar-refractivity contribution in [2.75, 3.05) is 20.3 Å². The molecule has 3 N–H and O–H groups in total. The van der Waals surface area contributed by atoms with Crippen molar-refractivity contribution in [1.29, 1.82) is 0 Å². The number of rotatable bonds is 6. The molecular formula is C12H18ClNO3.